The second kappa shape index (κ2) is 6.04. The Morgan fingerprint density at radius 3 is 2.87 bits per heavy atom. The molecule has 1 fully saturated rings. The molecule has 124 valence electrons. The van der Waals surface area contributed by atoms with Crippen LogP contribution >= 0.6 is 0 Å². The van der Waals surface area contributed by atoms with Crippen LogP contribution in [0.5, 0.6) is 0 Å². The van der Waals surface area contributed by atoms with Crippen LogP contribution in [-0.2, 0) is 4.74 Å². The van der Waals surface area contributed by atoms with E-state index >= 15 is 0 Å². The van der Waals surface area contributed by atoms with Crippen molar-refractivity contribution in [3.63, 3.8) is 0 Å². The number of ether oxygens (including phenoxy) is 1. The number of fused-ring (bicyclic) bond motifs is 1. The third-order valence-electron chi connectivity index (χ3n) is 3.53. The van der Waals surface area contributed by atoms with Gasteiger partial charge in [-0.15, -0.1) is 0 Å². The van der Waals surface area contributed by atoms with Gasteiger partial charge in [0.05, 0.1) is 12.9 Å². The van der Waals surface area contributed by atoms with Crippen LogP contribution in [0, 0.1) is 0 Å². The van der Waals surface area contributed by atoms with Crippen LogP contribution in [0.15, 0.2) is 11.4 Å². The number of nitrogens with zero attached hydrogens (tertiary/aromatic N) is 5. The maximum Gasteiger partial charge on any atom is 0.247 e. The first-order chi connectivity index (χ1) is 11.1. The molecule has 0 amide bonds. The summed E-state index contributed by atoms with van der Waals surface area (Å²) >= 11 is 0. The molecule has 6 N–H and O–H groups in total. The number of hydrazone groups is 1. The zero-order chi connectivity index (χ0) is 16.6. The van der Waals surface area contributed by atoms with Crippen LogP contribution in [0.1, 0.15) is 13.2 Å². The van der Waals surface area contributed by atoms with E-state index in [-0.39, 0.29) is 11.8 Å². The normalized spacial score (nSPS) is 28.0. The Morgan fingerprint density at radius 1 is 1.43 bits per heavy atom. The number of nitrogens with two attached hydrogens (primary N) is 1. The first kappa shape index (κ1) is 15.6. The monoisotopic (exact) mass is 323 g/mol. The number of aromatic nitrogens is 4. The molecule has 2 aromatic heterocycles. The average molecular weight is 323 g/mol. The SMILES string of the molecule is C/C=N/Nc1nc(N)c2ncn([C@@H]3O[C@H](CO)[C@@H](O)[C@H]3O)c2n1. The Balaban J connectivity index is 2.03. The smallest absolute Gasteiger partial charge is 0.247 e. The van der Waals surface area contributed by atoms with E-state index in [1.165, 1.54) is 17.1 Å². The number of anilines is 2. The summed E-state index contributed by atoms with van der Waals surface area (Å²) in [6, 6.07) is 0. The lowest BCUT2D eigenvalue weighted by atomic mass is 10.1. The quantitative estimate of drug-likeness (QED) is 0.330. The van der Waals surface area contributed by atoms with Gasteiger partial charge in [-0.1, -0.05) is 0 Å². The van der Waals surface area contributed by atoms with Gasteiger partial charge in [0, 0.05) is 6.21 Å². The van der Waals surface area contributed by atoms with E-state index in [4.69, 9.17) is 10.5 Å². The minimum absolute atomic E-state index is 0.134. The summed E-state index contributed by atoms with van der Waals surface area (Å²) in [7, 11) is 0. The molecule has 0 aliphatic carbocycles. The van der Waals surface area contributed by atoms with Gasteiger partial charge in [0.25, 0.3) is 0 Å². The number of nitrogens with one attached hydrogen (secondary N) is 1. The summed E-state index contributed by atoms with van der Waals surface area (Å²) in [5, 5.41) is 33.0. The van der Waals surface area contributed by atoms with Gasteiger partial charge >= 0.3 is 0 Å². The second-order valence-electron chi connectivity index (χ2n) is 4.98. The highest BCUT2D eigenvalue weighted by atomic mass is 16.6. The predicted molar refractivity (Wildman–Crippen MR) is 80.5 cm³/mol. The molecule has 1 aliphatic rings. The lowest BCUT2D eigenvalue weighted by Gasteiger charge is -2.16. The number of aliphatic hydroxyl groups excluding tert-OH is 3. The third-order valence-corrected chi connectivity index (χ3v) is 3.53. The van der Waals surface area contributed by atoms with Crippen LogP contribution in [-0.4, -0.2) is 66.0 Å². The van der Waals surface area contributed by atoms with Gasteiger partial charge in [0.1, 0.15) is 23.8 Å². The van der Waals surface area contributed by atoms with Crippen molar-refractivity contribution in [2.45, 2.75) is 31.5 Å². The van der Waals surface area contributed by atoms with Crippen LogP contribution in [0.4, 0.5) is 11.8 Å². The molecule has 0 spiro atoms. The van der Waals surface area contributed by atoms with Crippen molar-refractivity contribution < 1.29 is 20.1 Å². The van der Waals surface area contributed by atoms with Crippen molar-refractivity contribution in [1.29, 1.82) is 0 Å². The minimum atomic E-state index is -1.24. The van der Waals surface area contributed by atoms with Gasteiger partial charge in [-0.3, -0.25) is 4.57 Å². The fourth-order valence-electron chi connectivity index (χ4n) is 2.41. The number of rotatable bonds is 4. The van der Waals surface area contributed by atoms with Gasteiger partial charge in [-0.25, -0.2) is 10.4 Å². The molecule has 0 unspecified atom stereocenters. The summed E-state index contributed by atoms with van der Waals surface area (Å²) in [6.45, 7) is 1.30. The first-order valence-electron chi connectivity index (χ1n) is 6.93. The summed E-state index contributed by atoms with van der Waals surface area (Å²) in [5.41, 5.74) is 9.09. The molecule has 0 radical (unpaired) electrons. The Kier molecular flexibility index (Phi) is 4.09. The lowest BCUT2D eigenvalue weighted by Crippen LogP contribution is -2.33. The van der Waals surface area contributed by atoms with Crippen molar-refractivity contribution >= 4 is 29.1 Å². The van der Waals surface area contributed by atoms with Crippen LogP contribution in [0.2, 0.25) is 0 Å². The van der Waals surface area contributed by atoms with E-state index < -0.39 is 31.1 Å². The first-order valence-corrected chi connectivity index (χ1v) is 6.93. The summed E-state index contributed by atoms with van der Waals surface area (Å²) in [4.78, 5) is 12.4. The summed E-state index contributed by atoms with van der Waals surface area (Å²) in [6.07, 6.45) is -1.41. The van der Waals surface area contributed by atoms with Gasteiger partial charge in [0.2, 0.25) is 5.95 Å². The zero-order valence-corrected chi connectivity index (χ0v) is 12.2. The van der Waals surface area contributed by atoms with Crippen LogP contribution in [0.3, 0.4) is 0 Å². The zero-order valence-electron chi connectivity index (χ0n) is 12.2. The molecule has 3 rings (SSSR count). The number of aliphatic hydroxyl groups is 3. The standard InChI is InChI=1S/C12H17N7O4/c1-2-15-18-12-16-9(13)6-10(17-12)19(4-14-6)11-8(22)7(21)5(3-20)23-11/h2,4-5,7-8,11,20-22H,3H2,1H3,(H3,13,16,17,18)/b15-2+/t5-,7-,8-,11-/m1/s1. The number of hydrogen-bond acceptors (Lipinski definition) is 10. The van der Waals surface area contributed by atoms with Crippen molar-refractivity contribution in [3.8, 4) is 0 Å². The molecule has 4 atom stereocenters. The van der Waals surface area contributed by atoms with Gasteiger partial charge in [-0.05, 0) is 6.92 Å². The predicted octanol–water partition coefficient (Wildman–Crippen LogP) is -1.56. The van der Waals surface area contributed by atoms with E-state index in [1.807, 2.05) is 0 Å². The molecule has 1 aliphatic heterocycles. The molecule has 11 heteroatoms. The highest BCUT2D eigenvalue weighted by molar-refractivity contribution is 5.83. The Bertz CT molecular complexity index is 734. The number of imidazole rings is 1. The fraction of sp³-hybridized carbons (Fsp3) is 0.500. The number of hydrogen-bond donors (Lipinski definition) is 5. The largest absolute Gasteiger partial charge is 0.394 e. The molecule has 1 saturated heterocycles. The highest BCUT2D eigenvalue weighted by Crippen LogP contribution is 2.32. The van der Waals surface area contributed by atoms with E-state index in [0.29, 0.717) is 11.2 Å². The maximum absolute atomic E-state index is 10.1. The van der Waals surface area contributed by atoms with Crippen LogP contribution in [0.25, 0.3) is 11.2 Å². The fourth-order valence-corrected chi connectivity index (χ4v) is 2.41. The van der Waals surface area contributed by atoms with Gasteiger partial charge < -0.3 is 25.8 Å². The molecule has 0 bridgehead atoms. The summed E-state index contributed by atoms with van der Waals surface area (Å²) in [5.74, 6) is 0.288. The third kappa shape index (κ3) is 2.59. The molecule has 3 heterocycles. The lowest BCUT2D eigenvalue weighted by molar-refractivity contribution is -0.0511. The Hall–Kier alpha value is -2.34. The van der Waals surface area contributed by atoms with E-state index in [2.05, 4.69) is 25.5 Å². The average Bonchev–Trinajstić information content (AvgIpc) is 3.08. The van der Waals surface area contributed by atoms with Crippen LogP contribution < -0.4 is 11.2 Å². The molecule has 11 nitrogen and oxygen atoms in total. The minimum Gasteiger partial charge on any atom is -0.394 e. The van der Waals surface area contributed by atoms with Crippen molar-refractivity contribution in [2.24, 2.45) is 5.10 Å². The molecular weight excluding hydrogens is 306 g/mol. The van der Waals surface area contributed by atoms with E-state index in [1.54, 1.807) is 6.92 Å². The van der Waals surface area contributed by atoms with E-state index in [9.17, 15) is 15.3 Å². The molecular formula is C12H17N7O4. The molecule has 2 aromatic rings. The van der Waals surface area contributed by atoms with E-state index in [0.717, 1.165) is 0 Å². The van der Waals surface area contributed by atoms with Crippen molar-refractivity contribution in [3.05, 3.63) is 6.33 Å². The molecule has 0 saturated carbocycles. The Morgan fingerprint density at radius 2 is 2.22 bits per heavy atom. The highest BCUT2D eigenvalue weighted by Gasteiger charge is 2.44. The van der Waals surface area contributed by atoms with Crippen molar-refractivity contribution in [2.75, 3.05) is 17.8 Å². The maximum atomic E-state index is 10.1. The second-order valence-corrected chi connectivity index (χ2v) is 4.98. The van der Waals surface area contributed by atoms with Gasteiger partial charge in [0.15, 0.2) is 17.7 Å². The number of nitrogen functional groups attached to an aromatic ring is 1. The van der Waals surface area contributed by atoms with Gasteiger partial charge in [-0.2, -0.15) is 15.1 Å². The Labute approximate surface area is 130 Å². The topological polar surface area (TPSA) is 164 Å². The summed E-state index contributed by atoms with van der Waals surface area (Å²) < 4.78 is 6.90. The van der Waals surface area contributed by atoms with Crippen molar-refractivity contribution in [1.82, 2.24) is 19.5 Å². The molecule has 0 aromatic carbocycles. The molecule has 23 heavy (non-hydrogen) atoms.